The van der Waals surface area contributed by atoms with Crippen molar-refractivity contribution in [1.29, 1.82) is 5.26 Å². The molecule has 0 amide bonds. The molecule has 0 saturated heterocycles. The Balaban J connectivity index is 2.36. The van der Waals surface area contributed by atoms with E-state index in [1.165, 1.54) is 22.3 Å². The Bertz CT molecular complexity index is 601. The van der Waals surface area contributed by atoms with E-state index in [1.807, 2.05) is 0 Å². The van der Waals surface area contributed by atoms with Crippen molar-refractivity contribution in [3.8, 4) is 17.2 Å². The zero-order valence-electron chi connectivity index (χ0n) is 11.8. The molecule has 1 nitrogen and oxygen atoms in total. The molecule has 0 unspecified atom stereocenters. The molecule has 0 saturated carbocycles. The van der Waals surface area contributed by atoms with E-state index in [9.17, 15) is 0 Å². The average Bonchev–Trinajstić information content (AvgIpc) is 2.41. The standard InChI is InChI=1S/C18H19N/c1-13(2)15-6-8-16(9-7-15)18-5-4-14(3)17(12-18)10-11-19/h4-9,12-13H,10H2,1-3H3. The lowest BCUT2D eigenvalue weighted by Gasteiger charge is -2.09. The largest absolute Gasteiger partial charge is 0.198 e. The highest BCUT2D eigenvalue weighted by molar-refractivity contribution is 5.65. The van der Waals surface area contributed by atoms with Crippen molar-refractivity contribution in [1.82, 2.24) is 0 Å². The molecule has 2 aromatic rings. The maximum Gasteiger partial charge on any atom is 0.0669 e. The lowest BCUT2D eigenvalue weighted by atomic mass is 9.96. The van der Waals surface area contributed by atoms with Gasteiger partial charge >= 0.3 is 0 Å². The van der Waals surface area contributed by atoms with Crippen molar-refractivity contribution in [2.24, 2.45) is 0 Å². The fourth-order valence-corrected chi connectivity index (χ4v) is 2.19. The monoisotopic (exact) mass is 249 g/mol. The first-order valence-electron chi connectivity index (χ1n) is 6.68. The highest BCUT2D eigenvalue weighted by Crippen LogP contribution is 2.25. The van der Waals surface area contributed by atoms with Crippen LogP contribution in [0.25, 0.3) is 11.1 Å². The highest BCUT2D eigenvalue weighted by Gasteiger charge is 2.04. The number of benzene rings is 2. The fraction of sp³-hybridized carbons (Fsp3) is 0.278. The molecule has 0 aliphatic carbocycles. The molecular weight excluding hydrogens is 230 g/mol. The number of hydrogen-bond donors (Lipinski definition) is 0. The lowest BCUT2D eigenvalue weighted by Crippen LogP contribution is -1.90. The quantitative estimate of drug-likeness (QED) is 0.762. The van der Waals surface area contributed by atoms with Crippen molar-refractivity contribution in [3.05, 3.63) is 59.2 Å². The van der Waals surface area contributed by atoms with Crippen LogP contribution in [0.2, 0.25) is 0 Å². The van der Waals surface area contributed by atoms with Gasteiger partial charge in [-0.3, -0.25) is 0 Å². The minimum Gasteiger partial charge on any atom is -0.198 e. The summed E-state index contributed by atoms with van der Waals surface area (Å²) in [5, 5.41) is 8.85. The molecule has 19 heavy (non-hydrogen) atoms. The molecule has 0 aliphatic heterocycles. The second-order valence-electron chi connectivity index (χ2n) is 5.25. The Kier molecular flexibility index (Phi) is 4.02. The Labute approximate surface area is 115 Å². The second-order valence-corrected chi connectivity index (χ2v) is 5.25. The number of rotatable bonds is 3. The molecule has 2 aromatic carbocycles. The predicted molar refractivity (Wildman–Crippen MR) is 80.0 cm³/mol. The van der Waals surface area contributed by atoms with Crippen LogP contribution in [0.3, 0.4) is 0 Å². The second kappa shape index (κ2) is 5.71. The molecule has 96 valence electrons. The minimum atomic E-state index is 0.476. The van der Waals surface area contributed by atoms with E-state index in [0.717, 1.165) is 5.56 Å². The van der Waals surface area contributed by atoms with Crippen LogP contribution in [0.4, 0.5) is 0 Å². The molecule has 0 heterocycles. The van der Waals surface area contributed by atoms with Gasteiger partial charge in [0.1, 0.15) is 0 Å². The van der Waals surface area contributed by atoms with Gasteiger partial charge in [0.05, 0.1) is 12.5 Å². The summed E-state index contributed by atoms with van der Waals surface area (Å²) in [5.74, 6) is 0.557. The summed E-state index contributed by atoms with van der Waals surface area (Å²) in [6.45, 7) is 6.45. The van der Waals surface area contributed by atoms with Gasteiger partial charge in [-0.05, 0) is 46.7 Å². The predicted octanol–water partition coefficient (Wildman–Crippen LogP) is 4.85. The zero-order valence-corrected chi connectivity index (χ0v) is 11.8. The minimum absolute atomic E-state index is 0.476. The van der Waals surface area contributed by atoms with E-state index in [2.05, 4.69) is 69.3 Å². The van der Waals surface area contributed by atoms with Crippen molar-refractivity contribution in [2.45, 2.75) is 33.1 Å². The van der Waals surface area contributed by atoms with Crippen LogP contribution in [-0.4, -0.2) is 0 Å². The van der Waals surface area contributed by atoms with Crippen molar-refractivity contribution in [3.63, 3.8) is 0 Å². The number of nitriles is 1. The van der Waals surface area contributed by atoms with Crippen molar-refractivity contribution < 1.29 is 0 Å². The van der Waals surface area contributed by atoms with Gasteiger partial charge in [0.15, 0.2) is 0 Å². The van der Waals surface area contributed by atoms with Crippen LogP contribution in [0.15, 0.2) is 42.5 Å². The molecule has 0 atom stereocenters. The molecule has 0 fully saturated rings. The van der Waals surface area contributed by atoms with Crippen LogP contribution in [-0.2, 0) is 6.42 Å². The Morgan fingerprint density at radius 2 is 1.63 bits per heavy atom. The third kappa shape index (κ3) is 3.03. The summed E-state index contributed by atoms with van der Waals surface area (Å²) in [5.41, 5.74) is 6.06. The normalized spacial score (nSPS) is 10.5. The Hall–Kier alpha value is -2.07. The van der Waals surface area contributed by atoms with Gasteiger partial charge in [-0.15, -0.1) is 0 Å². The van der Waals surface area contributed by atoms with Gasteiger partial charge in [0.2, 0.25) is 0 Å². The van der Waals surface area contributed by atoms with Crippen molar-refractivity contribution >= 4 is 0 Å². The number of aryl methyl sites for hydroxylation is 1. The Morgan fingerprint density at radius 1 is 1.00 bits per heavy atom. The van der Waals surface area contributed by atoms with Gasteiger partial charge < -0.3 is 0 Å². The zero-order chi connectivity index (χ0) is 13.8. The first kappa shape index (κ1) is 13.4. The van der Waals surface area contributed by atoms with Crippen LogP contribution in [0.1, 0.15) is 36.5 Å². The van der Waals surface area contributed by atoms with Gasteiger partial charge in [0.25, 0.3) is 0 Å². The van der Waals surface area contributed by atoms with E-state index in [1.54, 1.807) is 0 Å². The molecule has 0 radical (unpaired) electrons. The van der Waals surface area contributed by atoms with Crippen LogP contribution >= 0.6 is 0 Å². The smallest absolute Gasteiger partial charge is 0.0669 e. The lowest BCUT2D eigenvalue weighted by molar-refractivity contribution is 0.867. The summed E-state index contributed by atoms with van der Waals surface area (Å²) < 4.78 is 0. The molecule has 0 aliphatic rings. The average molecular weight is 249 g/mol. The summed E-state index contributed by atoms with van der Waals surface area (Å²) >= 11 is 0. The number of nitrogens with zero attached hydrogens (tertiary/aromatic N) is 1. The molecule has 0 aromatic heterocycles. The first-order chi connectivity index (χ1) is 9.11. The molecule has 1 heteroatoms. The first-order valence-corrected chi connectivity index (χ1v) is 6.68. The maximum atomic E-state index is 8.85. The van der Waals surface area contributed by atoms with Crippen LogP contribution in [0, 0.1) is 18.3 Å². The van der Waals surface area contributed by atoms with E-state index in [-0.39, 0.29) is 0 Å². The molecular formula is C18H19N. The maximum absolute atomic E-state index is 8.85. The molecule has 2 rings (SSSR count). The van der Waals surface area contributed by atoms with Crippen molar-refractivity contribution in [2.75, 3.05) is 0 Å². The van der Waals surface area contributed by atoms with Gasteiger partial charge in [-0.25, -0.2) is 0 Å². The van der Waals surface area contributed by atoms with Gasteiger partial charge in [-0.1, -0.05) is 50.2 Å². The summed E-state index contributed by atoms with van der Waals surface area (Å²) in [6.07, 6.45) is 0.476. The summed E-state index contributed by atoms with van der Waals surface area (Å²) in [4.78, 5) is 0. The SMILES string of the molecule is Cc1ccc(-c2ccc(C(C)C)cc2)cc1CC#N. The van der Waals surface area contributed by atoms with E-state index in [0.29, 0.717) is 12.3 Å². The van der Waals surface area contributed by atoms with Gasteiger partial charge in [0, 0.05) is 0 Å². The summed E-state index contributed by atoms with van der Waals surface area (Å²) in [6, 6.07) is 17.3. The van der Waals surface area contributed by atoms with E-state index >= 15 is 0 Å². The third-order valence-corrected chi connectivity index (χ3v) is 3.53. The number of hydrogen-bond acceptors (Lipinski definition) is 1. The summed E-state index contributed by atoms with van der Waals surface area (Å²) in [7, 11) is 0. The van der Waals surface area contributed by atoms with Crippen LogP contribution < -0.4 is 0 Å². The fourth-order valence-electron chi connectivity index (χ4n) is 2.19. The van der Waals surface area contributed by atoms with E-state index in [4.69, 9.17) is 5.26 Å². The topological polar surface area (TPSA) is 23.8 Å². The highest BCUT2D eigenvalue weighted by atomic mass is 14.2. The van der Waals surface area contributed by atoms with Crippen LogP contribution in [0.5, 0.6) is 0 Å². The van der Waals surface area contributed by atoms with Gasteiger partial charge in [-0.2, -0.15) is 5.26 Å². The Morgan fingerprint density at radius 3 is 2.21 bits per heavy atom. The molecule has 0 bridgehead atoms. The molecule has 0 N–H and O–H groups in total. The molecule has 0 spiro atoms. The van der Waals surface area contributed by atoms with E-state index < -0.39 is 0 Å². The third-order valence-electron chi connectivity index (χ3n) is 3.53.